The maximum absolute atomic E-state index is 12.7. The number of aromatic nitrogens is 2. The molecule has 2 N–H and O–H groups in total. The summed E-state index contributed by atoms with van der Waals surface area (Å²) in [7, 11) is -1.78. The fourth-order valence-corrected chi connectivity index (χ4v) is 5.25. The molecular formula is C23H24N4O5S. The lowest BCUT2D eigenvalue weighted by Gasteiger charge is -2.13. The number of hydrogen-bond acceptors (Lipinski definition) is 6. The second kappa shape index (κ2) is 8.70. The van der Waals surface area contributed by atoms with Crippen LogP contribution in [-0.4, -0.2) is 37.1 Å². The van der Waals surface area contributed by atoms with Crippen LogP contribution in [0.3, 0.4) is 0 Å². The molecule has 10 heteroatoms. The van der Waals surface area contributed by atoms with Crippen molar-refractivity contribution < 1.29 is 22.7 Å². The zero-order chi connectivity index (χ0) is 23.8. The number of methoxy groups -OCH3 is 1. The third kappa shape index (κ3) is 4.75. The number of amides is 2. The highest BCUT2D eigenvalue weighted by molar-refractivity contribution is 7.90. The van der Waals surface area contributed by atoms with Crippen molar-refractivity contribution in [1.29, 1.82) is 0 Å². The highest BCUT2D eigenvalue weighted by Gasteiger charge is 2.34. The molecule has 3 aromatic rings. The van der Waals surface area contributed by atoms with Gasteiger partial charge in [-0.1, -0.05) is 29.8 Å². The summed E-state index contributed by atoms with van der Waals surface area (Å²) in [6, 6.07) is 12.8. The highest BCUT2D eigenvalue weighted by Crippen LogP contribution is 2.33. The molecule has 2 heterocycles. The van der Waals surface area contributed by atoms with Crippen molar-refractivity contribution in [3.63, 3.8) is 0 Å². The lowest BCUT2D eigenvalue weighted by atomic mass is 10.1. The first kappa shape index (κ1) is 22.5. The molecule has 172 valence electrons. The van der Waals surface area contributed by atoms with E-state index in [2.05, 4.69) is 15.7 Å². The molecule has 1 aliphatic rings. The first-order valence-electron chi connectivity index (χ1n) is 10.3. The van der Waals surface area contributed by atoms with Crippen LogP contribution < -0.4 is 15.4 Å². The Labute approximate surface area is 191 Å². The van der Waals surface area contributed by atoms with E-state index in [1.165, 1.54) is 4.68 Å². The summed E-state index contributed by atoms with van der Waals surface area (Å²) in [6.07, 6.45) is 0. The first-order valence-corrected chi connectivity index (χ1v) is 12.1. The van der Waals surface area contributed by atoms with Crippen LogP contribution >= 0.6 is 0 Å². The van der Waals surface area contributed by atoms with Crippen molar-refractivity contribution in [1.82, 2.24) is 15.1 Å². The monoisotopic (exact) mass is 468 g/mol. The molecule has 0 spiro atoms. The zero-order valence-corrected chi connectivity index (χ0v) is 19.3. The van der Waals surface area contributed by atoms with Crippen molar-refractivity contribution in [2.45, 2.75) is 31.9 Å². The van der Waals surface area contributed by atoms with Crippen molar-refractivity contribution in [3.05, 3.63) is 70.4 Å². The number of carbonyl (C=O) groups excluding carboxylic acids is 2. The highest BCUT2D eigenvalue weighted by atomic mass is 32.2. The number of carbonyl (C=O) groups is 2. The number of fused-ring (bicyclic) bond motifs is 1. The average Bonchev–Trinajstić information content (AvgIpc) is 3.24. The molecule has 0 fully saturated rings. The Kier molecular flexibility index (Phi) is 5.94. The van der Waals surface area contributed by atoms with E-state index >= 15 is 0 Å². The number of rotatable bonds is 5. The van der Waals surface area contributed by atoms with Crippen molar-refractivity contribution >= 4 is 27.5 Å². The van der Waals surface area contributed by atoms with Crippen LogP contribution in [0.1, 0.15) is 27.9 Å². The molecule has 1 aliphatic heterocycles. The Morgan fingerprint density at radius 3 is 2.45 bits per heavy atom. The molecule has 9 nitrogen and oxygen atoms in total. The molecule has 33 heavy (non-hydrogen) atoms. The van der Waals surface area contributed by atoms with Crippen molar-refractivity contribution in [2.24, 2.45) is 0 Å². The summed E-state index contributed by atoms with van der Waals surface area (Å²) >= 11 is 0. The van der Waals surface area contributed by atoms with Gasteiger partial charge in [-0.15, -0.1) is 0 Å². The summed E-state index contributed by atoms with van der Waals surface area (Å²) in [4.78, 5) is 25.1. The molecule has 0 saturated carbocycles. The van der Waals surface area contributed by atoms with E-state index in [0.29, 0.717) is 22.7 Å². The molecule has 0 aliphatic carbocycles. The van der Waals surface area contributed by atoms with Crippen LogP contribution in [0, 0.1) is 13.8 Å². The Balaban J connectivity index is 1.57. The van der Waals surface area contributed by atoms with Crippen molar-refractivity contribution in [3.8, 4) is 11.4 Å². The van der Waals surface area contributed by atoms with Crippen LogP contribution in [0.5, 0.6) is 5.75 Å². The van der Waals surface area contributed by atoms with E-state index in [9.17, 15) is 18.0 Å². The summed E-state index contributed by atoms with van der Waals surface area (Å²) < 4.78 is 30.9. The fourth-order valence-electron chi connectivity index (χ4n) is 3.76. The van der Waals surface area contributed by atoms with Gasteiger partial charge in [0.15, 0.2) is 9.84 Å². The van der Waals surface area contributed by atoms with Crippen LogP contribution in [0.15, 0.2) is 42.5 Å². The van der Waals surface area contributed by atoms with E-state index in [4.69, 9.17) is 4.74 Å². The van der Waals surface area contributed by atoms with Gasteiger partial charge in [-0.05, 0) is 43.2 Å². The van der Waals surface area contributed by atoms with Gasteiger partial charge in [0.1, 0.15) is 11.6 Å². The number of hydrogen-bond donors (Lipinski definition) is 2. The van der Waals surface area contributed by atoms with Gasteiger partial charge < -0.3 is 15.4 Å². The number of anilines is 1. The number of nitrogens with zero attached hydrogens (tertiary/aromatic N) is 2. The summed E-state index contributed by atoms with van der Waals surface area (Å²) in [5.74, 6) is -1.30. The standard InChI is InChI=1S/C23H24N4O5S/c1-14-4-9-20(15(2)10-14)27-21(18-12-33(30,31)13-19(18)26-27)25-23(29)22(28)24-11-16-5-7-17(32-3)8-6-16/h4-10H,11-13H2,1-3H3,(H,24,28)(H,25,29). The smallest absolute Gasteiger partial charge is 0.314 e. The largest absolute Gasteiger partial charge is 0.497 e. The number of nitrogens with one attached hydrogen (secondary N) is 2. The number of aryl methyl sites for hydroxylation is 2. The normalized spacial score (nSPS) is 13.9. The van der Waals surface area contributed by atoms with Gasteiger partial charge in [-0.25, -0.2) is 13.1 Å². The average molecular weight is 469 g/mol. The minimum absolute atomic E-state index is 0.152. The molecule has 2 aromatic carbocycles. The van der Waals surface area contributed by atoms with Crippen LogP contribution in [0.2, 0.25) is 0 Å². The lowest BCUT2D eigenvalue weighted by molar-refractivity contribution is -0.136. The molecule has 0 unspecified atom stereocenters. The van der Waals surface area contributed by atoms with Gasteiger partial charge in [0.05, 0.1) is 30.0 Å². The van der Waals surface area contributed by atoms with Gasteiger partial charge in [0, 0.05) is 12.1 Å². The SMILES string of the molecule is COc1ccc(CNC(=O)C(=O)Nc2c3c(nn2-c2ccc(C)cc2C)CS(=O)(=O)C3)cc1. The molecule has 0 radical (unpaired) electrons. The van der Waals surface area contributed by atoms with E-state index in [1.807, 2.05) is 32.0 Å². The Hall–Kier alpha value is -3.66. The minimum atomic E-state index is -3.35. The molecule has 4 rings (SSSR count). The van der Waals surface area contributed by atoms with E-state index in [-0.39, 0.29) is 23.9 Å². The van der Waals surface area contributed by atoms with Gasteiger partial charge in [0.25, 0.3) is 0 Å². The summed E-state index contributed by atoms with van der Waals surface area (Å²) in [6.45, 7) is 4.01. The second-order valence-corrected chi connectivity index (χ2v) is 10.1. The number of sulfone groups is 1. The van der Waals surface area contributed by atoms with E-state index in [1.54, 1.807) is 31.4 Å². The molecule has 2 amide bonds. The molecule has 0 bridgehead atoms. The Morgan fingerprint density at radius 1 is 1.06 bits per heavy atom. The van der Waals surface area contributed by atoms with Gasteiger partial charge in [-0.3, -0.25) is 9.59 Å². The van der Waals surface area contributed by atoms with E-state index in [0.717, 1.165) is 16.7 Å². The zero-order valence-electron chi connectivity index (χ0n) is 18.5. The molecule has 0 saturated heterocycles. The van der Waals surface area contributed by atoms with Crippen LogP contribution in [0.4, 0.5) is 5.82 Å². The molecule has 0 atom stereocenters. The van der Waals surface area contributed by atoms with Crippen LogP contribution in [0.25, 0.3) is 5.69 Å². The predicted molar refractivity (Wildman–Crippen MR) is 123 cm³/mol. The Morgan fingerprint density at radius 2 is 1.79 bits per heavy atom. The Bertz CT molecular complexity index is 1340. The van der Waals surface area contributed by atoms with Crippen molar-refractivity contribution in [2.75, 3.05) is 12.4 Å². The predicted octanol–water partition coefficient (Wildman–Crippen LogP) is 2.18. The second-order valence-electron chi connectivity index (χ2n) is 7.99. The third-order valence-electron chi connectivity index (χ3n) is 5.42. The molecule has 1 aromatic heterocycles. The molecular weight excluding hydrogens is 444 g/mol. The summed E-state index contributed by atoms with van der Waals surface area (Å²) in [5, 5.41) is 9.61. The summed E-state index contributed by atoms with van der Waals surface area (Å²) in [5.41, 5.74) is 4.24. The lowest BCUT2D eigenvalue weighted by Crippen LogP contribution is -2.35. The third-order valence-corrected chi connectivity index (χ3v) is 6.86. The van der Waals surface area contributed by atoms with Gasteiger partial charge in [0.2, 0.25) is 0 Å². The minimum Gasteiger partial charge on any atom is -0.497 e. The van der Waals surface area contributed by atoms with Gasteiger partial charge >= 0.3 is 11.8 Å². The van der Waals surface area contributed by atoms with Gasteiger partial charge in [-0.2, -0.15) is 5.10 Å². The maximum atomic E-state index is 12.7. The van der Waals surface area contributed by atoms with E-state index < -0.39 is 21.7 Å². The topological polar surface area (TPSA) is 119 Å². The number of benzene rings is 2. The van der Waals surface area contributed by atoms with Crippen LogP contribution in [-0.2, 0) is 37.5 Å². The quantitative estimate of drug-likeness (QED) is 0.554. The maximum Gasteiger partial charge on any atom is 0.314 e. The fraction of sp³-hybridized carbons (Fsp3) is 0.261. The first-order chi connectivity index (χ1) is 15.7. The number of ether oxygens (including phenoxy) is 1.